The van der Waals surface area contributed by atoms with Crippen LogP contribution in [0.15, 0.2) is 42.5 Å². The molecule has 0 radical (unpaired) electrons. The van der Waals surface area contributed by atoms with E-state index in [9.17, 15) is 4.79 Å². The minimum absolute atomic E-state index is 0.0108. The van der Waals surface area contributed by atoms with E-state index in [1.807, 2.05) is 30.3 Å². The minimum Gasteiger partial charge on any atom is -0.491 e. The molecule has 0 saturated carbocycles. The van der Waals surface area contributed by atoms with Crippen LogP contribution in [0.3, 0.4) is 0 Å². The highest BCUT2D eigenvalue weighted by atomic mass is 16.5. The van der Waals surface area contributed by atoms with E-state index >= 15 is 0 Å². The van der Waals surface area contributed by atoms with Gasteiger partial charge >= 0.3 is 0 Å². The zero-order valence-electron chi connectivity index (χ0n) is 10.8. The number of nitrogens with two attached hydrogens (primary N) is 2. The summed E-state index contributed by atoms with van der Waals surface area (Å²) in [4.78, 5) is 11.3. The number of benzene rings is 2. The fourth-order valence-corrected chi connectivity index (χ4v) is 2.38. The predicted molar refractivity (Wildman–Crippen MR) is 77.7 cm³/mol. The lowest BCUT2D eigenvalue weighted by atomic mass is 10.1. The first-order chi connectivity index (χ1) is 9.66. The number of primary amides is 1. The number of nitrogens with one attached hydrogen (secondary N) is 1. The largest absolute Gasteiger partial charge is 0.491 e. The summed E-state index contributed by atoms with van der Waals surface area (Å²) in [7, 11) is 0. The van der Waals surface area contributed by atoms with E-state index in [4.69, 9.17) is 16.2 Å². The van der Waals surface area contributed by atoms with Gasteiger partial charge in [0.05, 0.1) is 23.0 Å². The van der Waals surface area contributed by atoms with Gasteiger partial charge in [0.1, 0.15) is 12.4 Å². The number of para-hydroxylation sites is 2. The smallest absolute Gasteiger partial charge is 0.250 e. The van der Waals surface area contributed by atoms with E-state index < -0.39 is 5.91 Å². The summed E-state index contributed by atoms with van der Waals surface area (Å²) < 4.78 is 5.61. The summed E-state index contributed by atoms with van der Waals surface area (Å²) in [6, 6.07) is 13.0. The minimum atomic E-state index is -0.533. The molecule has 5 N–H and O–H groups in total. The highest BCUT2D eigenvalue weighted by Crippen LogP contribution is 2.35. The van der Waals surface area contributed by atoms with Crippen LogP contribution in [0.5, 0.6) is 5.75 Å². The van der Waals surface area contributed by atoms with Crippen molar-refractivity contribution in [1.29, 1.82) is 0 Å². The van der Waals surface area contributed by atoms with Gasteiger partial charge in [-0.15, -0.1) is 0 Å². The first-order valence-corrected chi connectivity index (χ1v) is 6.33. The van der Waals surface area contributed by atoms with Crippen molar-refractivity contribution in [3.63, 3.8) is 0 Å². The second kappa shape index (κ2) is 4.77. The summed E-state index contributed by atoms with van der Waals surface area (Å²) in [5, 5.41) is 3.30. The Bertz CT molecular complexity index is 670. The van der Waals surface area contributed by atoms with Gasteiger partial charge in [0.25, 0.3) is 5.91 Å². The number of hydrogen-bond donors (Lipinski definition) is 3. The van der Waals surface area contributed by atoms with Crippen LogP contribution in [0.2, 0.25) is 0 Å². The quantitative estimate of drug-likeness (QED) is 0.742. The average Bonchev–Trinajstić information content (AvgIpc) is 2.84. The van der Waals surface area contributed by atoms with Gasteiger partial charge in [0.2, 0.25) is 0 Å². The summed E-state index contributed by atoms with van der Waals surface area (Å²) in [5.41, 5.74) is 13.7. The molecule has 0 fully saturated rings. The van der Waals surface area contributed by atoms with Gasteiger partial charge < -0.3 is 21.5 Å². The van der Waals surface area contributed by atoms with Gasteiger partial charge in [-0.2, -0.15) is 0 Å². The Kier molecular flexibility index (Phi) is 2.95. The van der Waals surface area contributed by atoms with Crippen molar-refractivity contribution >= 4 is 17.3 Å². The molecule has 1 unspecified atom stereocenters. The monoisotopic (exact) mass is 269 g/mol. The highest BCUT2D eigenvalue weighted by Gasteiger charge is 2.24. The standard InChI is InChI=1S/C15H15N3O2/c16-14-10(15(17)19)5-3-6-11(14)18-12-8-20-13-7-2-1-4-9(12)13/h1-7,12,18H,8,16H2,(H2,17,19). The molecule has 102 valence electrons. The Morgan fingerprint density at radius 1 is 1.20 bits per heavy atom. The maximum atomic E-state index is 11.3. The maximum absolute atomic E-state index is 11.3. The fraction of sp³-hybridized carbons (Fsp3) is 0.133. The molecular formula is C15H15N3O2. The lowest BCUT2D eigenvalue weighted by Gasteiger charge is -2.16. The first-order valence-electron chi connectivity index (χ1n) is 6.33. The molecule has 5 heteroatoms. The number of carbonyl (C=O) groups is 1. The number of nitrogen functional groups attached to an aromatic ring is 1. The average molecular weight is 269 g/mol. The molecule has 3 rings (SSSR count). The summed E-state index contributed by atoms with van der Waals surface area (Å²) in [6.07, 6.45) is 0. The third kappa shape index (κ3) is 2.03. The van der Waals surface area contributed by atoms with E-state index in [1.54, 1.807) is 12.1 Å². The van der Waals surface area contributed by atoms with Gasteiger partial charge in [-0.1, -0.05) is 24.3 Å². The summed E-state index contributed by atoms with van der Waals surface area (Å²) in [6.45, 7) is 0.527. The van der Waals surface area contributed by atoms with Gasteiger partial charge in [0.15, 0.2) is 0 Å². The number of ether oxygens (including phenoxy) is 1. The third-order valence-electron chi connectivity index (χ3n) is 3.40. The normalized spacial score (nSPS) is 16.3. The Morgan fingerprint density at radius 3 is 2.80 bits per heavy atom. The molecule has 1 amide bonds. The van der Waals surface area contributed by atoms with Gasteiger partial charge in [-0.3, -0.25) is 4.79 Å². The molecule has 1 aliphatic heterocycles. The zero-order valence-corrected chi connectivity index (χ0v) is 10.8. The number of rotatable bonds is 3. The molecule has 0 saturated heterocycles. The highest BCUT2D eigenvalue weighted by molar-refractivity contribution is 6.00. The Balaban J connectivity index is 1.90. The van der Waals surface area contributed by atoms with Crippen LogP contribution in [-0.2, 0) is 0 Å². The number of carbonyl (C=O) groups excluding carboxylic acids is 1. The lowest BCUT2D eigenvalue weighted by molar-refractivity contribution is 0.100. The number of hydrogen-bond acceptors (Lipinski definition) is 4. The van der Waals surface area contributed by atoms with Crippen LogP contribution >= 0.6 is 0 Å². The van der Waals surface area contributed by atoms with E-state index in [0.29, 0.717) is 23.5 Å². The summed E-state index contributed by atoms with van der Waals surface area (Å²) in [5.74, 6) is 0.337. The van der Waals surface area contributed by atoms with Crippen LogP contribution < -0.4 is 21.5 Å². The maximum Gasteiger partial charge on any atom is 0.250 e. The van der Waals surface area contributed by atoms with Crippen LogP contribution in [0, 0.1) is 0 Å². The lowest BCUT2D eigenvalue weighted by Crippen LogP contribution is -2.17. The molecule has 0 aliphatic carbocycles. The van der Waals surface area contributed by atoms with Crippen molar-refractivity contribution in [2.75, 3.05) is 17.7 Å². The second-order valence-electron chi connectivity index (χ2n) is 4.68. The molecule has 2 aromatic rings. The molecule has 1 atom stereocenters. The van der Waals surface area contributed by atoms with E-state index in [2.05, 4.69) is 5.32 Å². The van der Waals surface area contributed by atoms with Gasteiger partial charge in [0, 0.05) is 5.56 Å². The molecule has 1 aliphatic rings. The van der Waals surface area contributed by atoms with Gasteiger partial charge in [-0.05, 0) is 18.2 Å². The molecule has 5 nitrogen and oxygen atoms in total. The zero-order chi connectivity index (χ0) is 14.1. The van der Waals surface area contributed by atoms with Crippen molar-refractivity contribution in [3.8, 4) is 5.75 Å². The molecule has 20 heavy (non-hydrogen) atoms. The molecular weight excluding hydrogens is 254 g/mol. The van der Waals surface area contributed by atoms with Crippen molar-refractivity contribution in [2.45, 2.75) is 6.04 Å². The number of anilines is 2. The molecule has 1 heterocycles. The van der Waals surface area contributed by atoms with Crippen LogP contribution in [0.1, 0.15) is 22.0 Å². The van der Waals surface area contributed by atoms with E-state index in [-0.39, 0.29) is 6.04 Å². The van der Waals surface area contributed by atoms with Crippen molar-refractivity contribution < 1.29 is 9.53 Å². The Labute approximate surface area is 116 Å². The van der Waals surface area contributed by atoms with E-state index in [1.165, 1.54) is 0 Å². The number of fused-ring (bicyclic) bond motifs is 1. The van der Waals surface area contributed by atoms with Crippen molar-refractivity contribution in [3.05, 3.63) is 53.6 Å². The molecule has 0 bridgehead atoms. The SMILES string of the molecule is NC(=O)c1cccc(NC2COc3ccccc32)c1N. The van der Waals surface area contributed by atoms with Crippen molar-refractivity contribution in [2.24, 2.45) is 5.73 Å². The van der Waals surface area contributed by atoms with Crippen LogP contribution in [-0.4, -0.2) is 12.5 Å². The van der Waals surface area contributed by atoms with Crippen LogP contribution in [0.4, 0.5) is 11.4 Å². The summed E-state index contributed by atoms with van der Waals surface area (Å²) >= 11 is 0. The van der Waals surface area contributed by atoms with Crippen LogP contribution in [0.25, 0.3) is 0 Å². The molecule has 0 spiro atoms. The molecule has 0 aromatic heterocycles. The van der Waals surface area contributed by atoms with Gasteiger partial charge in [-0.25, -0.2) is 0 Å². The fourth-order valence-electron chi connectivity index (χ4n) is 2.38. The topological polar surface area (TPSA) is 90.4 Å². The third-order valence-corrected chi connectivity index (χ3v) is 3.40. The first kappa shape index (κ1) is 12.3. The Morgan fingerprint density at radius 2 is 2.00 bits per heavy atom. The van der Waals surface area contributed by atoms with E-state index in [0.717, 1.165) is 11.3 Å². The molecule has 2 aromatic carbocycles. The predicted octanol–water partition coefficient (Wildman–Crippen LogP) is 1.91. The number of amides is 1. The van der Waals surface area contributed by atoms with Crippen molar-refractivity contribution in [1.82, 2.24) is 0 Å². The second-order valence-corrected chi connectivity index (χ2v) is 4.68. The Hall–Kier alpha value is -2.69.